The Morgan fingerprint density at radius 1 is 1.32 bits per heavy atom. The third-order valence-electron chi connectivity index (χ3n) is 3.17. The summed E-state index contributed by atoms with van der Waals surface area (Å²) < 4.78 is 2.02. The lowest BCUT2D eigenvalue weighted by Crippen LogP contribution is -2.06. The summed E-state index contributed by atoms with van der Waals surface area (Å²) in [5.41, 5.74) is 10.1. The highest BCUT2D eigenvalue weighted by molar-refractivity contribution is 6.30. The summed E-state index contributed by atoms with van der Waals surface area (Å²) in [7, 11) is 0. The molecule has 4 heteroatoms. The minimum Gasteiger partial charge on any atom is -0.330 e. The van der Waals surface area contributed by atoms with Crippen molar-refractivity contribution in [3.05, 3.63) is 46.2 Å². The molecule has 0 spiro atoms. The zero-order valence-electron chi connectivity index (χ0n) is 11.7. The molecule has 0 radical (unpaired) electrons. The summed E-state index contributed by atoms with van der Waals surface area (Å²) in [6.07, 6.45) is 0.805. The Morgan fingerprint density at radius 2 is 2.05 bits per heavy atom. The van der Waals surface area contributed by atoms with Gasteiger partial charge in [0.1, 0.15) is 0 Å². The van der Waals surface area contributed by atoms with Gasteiger partial charge in [0.2, 0.25) is 0 Å². The minimum atomic E-state index is 0.411. The number of rotatable bonds is 4. The molecule has 2 N–H and O–H groups in total. The zero-order valence-corrected chi connectivity index (χ0v) is 12.4. The third kappa shape index (κ3) is 2.99. The van der Waals surface area contributed by atoms with Gasteiger partial charge in [-0.25, -0.2) is 4.68 Å². The minimum absolute atomic E-state index is 0.411. The lowest BCUT2D eigenvalue weighted by molar-refractivity contribution is 0.723. The molecule has 19 heavy (non-hydrogen) atoms. The number of hydrogen-bond acceptors (Lipinski definition) is 2. The number of aryl methyl sites for hydroxylation is 1. The van der Waals surface area contributed by atoms with E-state index >= 15 is 0 Å². The van der Waals surface area contributed by atoms with Crippen molar-refractivity contribution >= 4 is 11.6 Å². The fraction of sp³-hybridized carbons (Fsp3) is 0.400. The van der Waals surface area contributed by atoms with Crippen LogP contribution in [0.25, 0.3) is 5.69 Å². The van der Waals surface area contributed by atoms with Crippen molar-refractivity contribution in [1.82, 2.24) is 9.78 Å². The number of aromatic nitrogens is 2. The zero-order chi connectivity index (χ0) is 14.0. The van der Waals surface area contributed by atoms with Gasteiger partial charge < -0.3 is 5.73 Å². The molecule has 0 saturated carbocycles. The van der Waals surface area contributed by atoms with Crippen molar-refractivity contribution in [2.45, 2.75) is 33.1 Å². The topological polar surface area (TPSA) is 43.8 Å². The summed E-state index contributed by atoms with van der Waals surface area (Å²) >= 11 is 6.02. The van der Waals surface area contributed by atoms with E-state index in [1.165, 1.54) is 5.69 Å². The van der Waals surface area contributed by atoms with Crippen LogP contribution in [-0.2, 0) is 6.42 Å². The molecular formula is C15H20ClN3. The molecule has 1 aromatic carbocycles. The summed E-state index contributed by atoms with van der Waals surface area (Å²) in [6.45, 7) is 7.01. The van der Waals surface area contributed by atoms with Crippen molar-refractivity contribution in [3.63, 3.8) is 0 Å². The number of benzene rings is 1. The van der Waals surface area contributed by atoms with Crippen molar-refractivity contribution in [1.29, 1.82) is 0 Å². The Bertz CT molecular complexity index is 573. The van der Waals surface area contributed by atoms with Crippen LogP contribution in [0.2, 0.25) is 5.02 Å². The molecule has 0 aliphatic heterocycles. The molecule has 0 aliphatic carbocycles. The molecule has 0 atom stereocenters. The summed E-state index contributed by atoms with van der Waals surface area (Å²) in [6, 6.07) is 8.03. The standard InChI is InChI=1S/C15H20ClN3/c1-10(2)15-9-13(6-7-17)18-19(15)14-5-4-12(16)8-11(14)3/h4-5,8-10H,6-7,17H2,1-3H3. The Labute approximate surface area is 119 Å². The lowest BCUT2D eigenvalue weighted by Gasteiger charge is -2.12. The van der Waals surface area contributed by atoms with E-state index < -0.39 is 0 Å². The first-order chi connectivity index (χ1) is 9.02. The van der Waals surface area contributed by atoms with Gasteiger partial charge in [0.05, 0.1) is 11.4 Å². The second-order valence-electron chi connectivity index (χ2n) is 5.10. The predicted molar refractivity (Wildman–Crippen MR) is 80.2 cm³/mol. The highest BCUT2D eigenvalue weighted by Gasteiger charge is 2.13. The molecule has 0 fully saturated rings. The summed E-state index contributed by atoms with van der Waals surface area (Å²) in [4.78, 5) is 0. The molecule has 0 saturated heterocycles. The first-order valence-electron chi connectivity index (χ1n) is 6.58. The second kappa shape index (κ2) is 5.76. The smallest absolute Gasteiger partial charge is 0.0679 e. The van der Waals surface area contributed by atoms with Gasteiger partial charge in [-0.3, -0.25) is 0 Å². The molecule has 0 amide bonds. The molecule has 3 nitrogen and oxygen atoms in total. The van der Waals surface area contributed by atoms with Gasteiger partial charge in [0.25, 0.3) is 0 Å². The lowest BCUT2D eigenvalue weighted by atomic mass is 10.1. The SMILES string of the molecule is Cc1cc(Cl)ccc1-n1nc(CCN)cc1C(C)C. The Hall–Kier alpha value is -1.32. The average Bonchev–Trinajstić information content (AvgIpc) is 2.73. The Morgan fingerprint density at radius 3 is 2.63 bits per heavy atom. The van der Waals surface area contributed by atoms with E-state index in [2.05, 4.69) is 31.9 Å². The highest BCUT2D eigenvalue weighted by atomic mass is 35.5. The van der Waals surface area contributed by atoms with Gasteiger partial charge in [-0.2, -0.15) is 5.10 Å². The van der Waals surface area contributed by atoms with Crippen molar-refractivity contribution in [2.24, 2.45) is 5.73 Å². The first kappa shape index (κ1) is 14.1. The van der Waals surface area contributed by atoms with Gasteiger partial charge in [0, 0.05) is 17.1 Å². The third-order valence-corrected chi connectivity index (χ3v) is 3.40. The van der Waals surface area contributed by atoms with Crippen LogP contribution in [0.1, 0.15) is 36.7 Å². The molecule has 102 valence electrons. The van der Waals surface area contributed by atoms with Gasteiger partial charge >= 0.3 is 0 Å². The van der Waals surface area contributed by atoms with Crippen molar-refractivity contribution in [3.8, 4) is 5.69 Å². The van der Waals surface area contributed by atoms with Crippen LogP contribution in [0.15, 0.2) is 24.3 Å². The molecule has 2 aromatic rings. The second-order valence-corrected chi connectivity index (χ2v) is 5.53. The van der Waals surface area contributed by atoms with Gasteiger partial charge in [-0.15, -0.1) is 0 Å². The fourth-order valence-electron chi connectivity index (χ4n) is 2.18. The van der Waals surface area contributed by atoms with Crippen LogP contribution < -0.4 is 5.73 Å². The van der Waals surface area contributed by atoms with E-state index in [1.54, 1.807) is 0 Å². The summed E-state index contributed by atoms with van der Waals surface area (Å²) in [5.74, 6) is 0.411. The van der Waals surface area contributed by atoms with Gasteiger partial charge in [-0.1, -0.05) is 25.4 Å². The molecule has 0 bridgehead atoms. The van der Waals surface area contributed by atoms with Crippen molar-refractivity contribution in [2.75, 3.05) is 6.54 Å². The van der Waals surface area contributed by atoms with Gasteiger partial charge in [0.15, 0.2) is 0 Å². The summed E-state index contributed by atoms with van der Waals surface area (Å²) in [5, 5.41) is 5.43. The maximum atomic E-state index is 6.02. The predicted octanol–water partition coefficient (Wildman–Crippen LogP) is 3.46. The van der Waals surface area contributed by atoms with Crippen molar-refractivity contribution < 1.29 is 0 Å². The first-order valence-corrected chi connectivity index (χ1v) is 6.96. The van der Waals surface area contributed by atoms with Crippen LogP contribution in [-0.4, -0.2) is 16.3 Å². The van der Waals surface area contributed by atoms with Crippen LogP contribution in [0.5, 0.6) is 0 Å². The van der Waals surface area contributed by atoms with Gasteiger partial charge in [-0.05, 0) is 49.2 Å². The van der Waals surface area contributed by atoms with E-state index in [9.17, 15) is 0 Å². The van der Waals surface area contributed by atoms with E-state index in [0.29, 0.717) is 12.5 Å². The van der Waals surface area contributed by atoms with E-state index in [-0.39, 0.29) is 0 Å². The molecule has 0 aliphatic rings. The Kier molecular flexibility index (Phi) is 4.27. The maximum absolute atomic E-state index is 6.02. The largest absolute Gasteiger partial charge is 0.330 e. The number of nitrogens with two attached hydrogens (primary N) is 1. The average molecular weight is 278 g/mol. The molecule has 2 rings (SSSR count). The quantitative estimate of drug-likeness (QED) is 0.930. The molecule has 1 heterocycles. The van der Waals surface area contributed by atoms with Crippen LogP contribution in [0.4, 0.5) is 0 Å². The number of nitrogens with zero attached hydrogens (tertiary/aromatic N) is 2. The van der Waals surface area contributed by atoms with Crippen LogP contribution >= 0.6 is 11.6 Å². The normalized spacial score (nSPS) is 11.3. The fourth-order valence-corrected chi connectivity index (χ4v) is 2.40. The molecular weight excluding hydrogens is 258 g/mol. The van der Waals surface area contributed by atoms with Crippen LogP contribution in [0.3, 0.4) is 0 Å². The number of halogens is 1. The highest BCUT2D eigenvalue weighted by Crippen LogP contribution is 2.24. The van der Waals surface area contributed by atoms with E-state index in [0.717, 1.165) is 28.4 Å². The monoisotopic (exact) mass is 277 g/mol. The van der Waals surface area contributed by atoms with E-state index in [1.807, 2.05) is 22.9 Å². The molecule has 0 unspecified atom stereocenters. The number of hydrogen-bond donors (Lipinski definition) is 1. The van der Waals surface area contributed by atoms with E-state index in [4.69, 9.17) is 17.3 Å². The van der Waals surface area contributed by atoms with Crippen LogP contribution in [0, 0.1) is 6.92 Å². The Balaban J connectivity index is 2.53. The maximum Gasteiger partial charge on any atom is 0.0679 e. The molecule has 1 aromatic heterocycles.